The van der Waals surface area contributed by atoms with E-state index in [1.807, 2.05) is 11.3 Å². The second kappa shape index (κ2) is 10.4. The molecule has 0 bridgehead atoms. The number of nitrogens with zero attached hydrogens (tertiary/aromatic N) is 1. The molecule has 0 N–H and O–H groups in total. The van der Waals surface area contributed by atoms with Crippen LogP contribution in [0.1, 0.15) is 87.4 Å². The molecule has 50 heavy (non-hydrogen) atoms. The monoisotopic (exact) mass is 667 g/mol. The highest BCUT2D eigenvalue weighted by Gasteiger charge is 2.38. The van der Waals surface area contributed by atoms with Crippen LogP contribution in [0.3, 0.4) is 0 Å². The molecule has 2 aliphatic carbocycles. The van der Waals surface area contributed by atoms with Crippen molar-refractivity contribution < 1.29 is 0 Å². The minimum absolute atomic E-state index is 0.0808. The van der Waals surface area contributed by atoms with Crippen molar-refractivity contribution in [1.29, 1.82) is 0 Å². The molecule has 2 aliphatic rings. The van der Waals surface area contributed by atoms with Gasteiger partial charge in [0.25, 0.3) is 0 Å². The summed E-state index contributed by atoms with van der Waals surface area (Å²) >= 11 is 1.91. The van der Waals surface area contributed by atoms with Gasteiger partial charge in [0.1, 0.15) is 0 Å². The Labute approximate surface area is 301 Å². The van der Waals surface area contributed by atoms with Gasteiger partial charge in [-0.1, -0.05) is 115 Å². The van der Waals surface area contributed by atoms with Gasteiger partial charge in [0.2, 0.25) is 0 Å². The van der Waals surface area contributed by atoms with E-state index in [0.717, 1.165) is 0 Å². The minimum atomic E-state index is -0.113. The number of thiophene rings is 1. The third-order valence-electron chi connectivity index (χ3n) is 11.8. The number of hydrogen-bond acceptors (Lipinski definition) is 2. The maximum atomic E-state index is 2.50. The van der Waals surface area contributed by atoms with Crippen molar-refractivity contribution in [3.63, 3.8) is 0 Å². The standard InChI is InChI=1S/C48H45NS/c1-28-22-29(2)45-39(23-28)38-25-31(17-21-44(38)50-45)49(32-15-19-36-34-12-10-11-13-40(34)47(6,7)42(36)26-32)33-16-20-37-35-18-14-30(46(3,4)5)24-41(35)48(8,9)43(37)27-33/h10-27H,1-9H3. The second-order valence-corrected chi connectivity index (χ2v) is 17.9. The van der Waals surface area contributed by atoms with E-state index in [1.165, 1.54) is 98.4 Å². The van der Waals surface area contributed by atoms with Crippen molar-refractivity contribution >= 4 is 48.6 Å². The van der Waals surface area contributed by atoms with Crippen molar-refractivity contribution in [3.8, 4) is 22.3 Å². The summed E-state index contributed by atoms with van der Waals surface area (Å²) in [7, 11) is 0. The minimum Gasteiger partial charge on any atom is -0.310 e. The molecule has 0 unspecified atom stereocenters. The Morgan fingerprint density at radius 1 is 0.520 bits per heavy atom. The fraction of sp³-hybridized carbons (Fsp3) is 0.250. The summed E-state index contributed by atoms with van der Waals surface area (Å²) in [4.78, 5) is 2.50. The number of fused-ring (bicyclic) bond motifs is 9. The fourth-order valence-corrected chi connectivity index (χ4v) is 10.1. The van der Waals surface area contributed by atoms with Crippen molar-refractivity contribution in [2.75, 3.05) is 4.90 Å². The predicted octanol–water partition coefficient (Wildman–Crippen LogP) is 14.1. The molecule has 0 spiro atoms. The zero-order valence-electron chi connectivity index (χ0n) is 30.7. The first-order valence-electron chi connectivity index (χ1n) is 18.0. The molecule has 6 aromatic carbocycles. The second-order valence-electron chi connectivity index (χ2n) is 16.8. The molecular weight excluding hydrogens is 623 g/mol. The molecule has 1 aromatic heterocycles. The predicted molar refractivity (Wildman–Crippen MR) is 217 cm³/mol. The Kier molecular flexibility index (Phi) is 6.54. The lowest BCUT2D eigenvalue weighted by atomic mass is 9.79. The van der Waals surface area contributed by atoms with Crippen LogP contribution in [-0.4, -0.2) is 0 Å². The number of anilines is 3. The van der Waals surface area contributed by atoms with Crippen LogP contribution < -0.4 is 4.90 Å². The molecule has 0 aliphatic heterocycles. The lowest BCUT2D eigenvalue weighted by molar-refractivity contribution is 0.584. The molecule has 248 valence electrons. The summed E-state index contributed by atoms with van der Waals surface area (Å²) in [6.07, 6.45) is 0. The van der Waals surface area contributed by atoms with Crippen LogP contribution >= 0.6 is 11.3 Å². The maximum Gasteiger partial charge on any atom is 0.0468 e. The SMILES string of the molecule is Cc1cc(C)c2sc3ccc(N(c4ccc5c(c4)C(C)(C)c4ccccc4-5)c4ccc5c(c4)C(C)(C)c4cc(C(C)(C)C)ccc4-5)cc3c2c1. The Morgan fingerprint density at radius 2 is 1.06 bits per heavy atom. The first kappa shape index (κ1) is 31.3. The largest absolute Gasteiger partial charge is 0.310 e. The van der Waals surface area contributed by atoms with Crippen molar-refractivity contribution in [1.82, 2.24) is 0 Å². The normalized spacial score (nSPS) is 15.2. The lowest BCUT2D eigenvalue weighted by Crippen LogP contribution is -2.19. The van der Waals surface area contributed by atoms with Crippen LogP contribution in [0.2, 0.25) is 0 Å². The number of rotatable bonds is 3. The third-order valence-corrected chi connectivity index (χ3v) is 13.1. The first-order chi connectivity index (χ1) is 23.7. The van der Waals surface area contributed by atoms with Gasteiger partial charge in [-0.05, 0) is 123 Å². The molecule has 0 saturated heterocycles. The molecule has 0 saturated carbocycles. The Morgan fingerprint density at radius 3 is 1.72 bits per heavy atom. The van der Waals surface area contributed by atoms with Gasteiger partial charge < -0.3 is 4.90 Å². The van der Waals surface area contributed by atoms with E-state index < -0.39 is 0 Å². The third kappa shape index (κ3) is 4.44. The summed E-state index contributed by atoms with van der Waals surface area (Å²) < 4.78 is 2.72. The molecule has 0 atom stereocenters. The molecule has 1 heterocycles. The van der Waals surface area contributed by atoms with Gasteiger partial charge in [-0.25, -0.2) is 0 Å². The summed E-state index contributed by atoms with van der Waals surface area (Å²) in [5, 5.41) is 2.69. The van der Waals surface area contributed by atoms with E-state index in [1.54, 1.807) is 0 Å². The fourth-order valence-electron chi connectivity index (χ4n) is 8.97. The summed E-state index contributed by atoms with van der Waals surface area (Å²) in [6, 6.07) is 42.2. The highest BCUT2D eigenvalue weighted by atomic mass is 32.1. The van der Waals surface area contributed by atoms with E-state index in [-0.39, 0.29) is 16.2 Å². The smallest absolute Gasteiger partial charge is 0.0468 e. The lowest BCUT2D eigenvalue weighted by Gasteiger charge is -2.30. The highest BCUT2D eigenvalue weighted by Crippen LogP contribution is 2.54. The molecule has 0 radical (unpaired) electrons. The highest BCUT2D eigenvalue weighted by molar-refractivity contribution is 7.26. The Hall–Kier alpha value is -4.66. The maximum absolute atomic E-state index is 2.50. The molecular formula is C48H45NS. The van der Waals surface area contributed by atoms with Gasteiger partial charge in [-0.2, -0.15) is 0 Å². The van der Waals surface area contributed by atoms with Crippen molar-refractivity contribution in [2.24, 2.45) is 0 Å². The van der Waals surface area contributed by atoms with Crippen LogP contribution in [0.5, 0.6) is 0 Å². The Balaban J connectivity index is 1.26. The average molecular weight is 668 g/mol. The summed E-state index contributed by atoms with van der Waals surface area (Å²) in [5.74, 6) is 0. The molecule has 7 aromatic rings. The van der Waals surface area contributed by atoms with Crippen molar-refractivity contribution in [3.05, 3.63) is 148 Å². The number of hydrogen-bond donors (Lipinski definition) is 0. The van der Waals surface area contributed by atoms with Gasteiger partial charge in [-0.15, -0.1) is 11.3 Å². The average Bonchev–Trinajstić information content (AvgIpc) is 3.64. The quantitative estimate of drug-likeness (QED) is 0.181. The van der Waals surface area contributed by atoms with E-state index in [2.05, 4.69) is 176 Å². The van der Waals surface area contributed by atoms with Crippen LogP contribution in [0.25, 0.3) is 42.4 Å². The van der Waals surface area contributed by atoms with Gasteiger partial charge in [0.05, 0.1) is 0 Å². The molecule has 9 rings (SSSR count). The first-order valence-corrected chi connectivity index (χ1v) is 18.8. The molecule has 0 fully saturated rings. The van der Waals surface area contributed by atoms with E-state index in [0.29, 0.717) is 0 Å². The van der Waals surface area contributed by atoms with Gasteiger partial charge in [0.15, 0.2) is 0 Å². The zero-order chi connectivity index (χ0) is 34.9. The van der Waals surface area contributed by atoms with E-state index in [4.69, 9.17) is 0 Å². The van der Waals surface area contributed by atoms with Crippen LogP contribution in [0.15, 0.2) is 109 Å². The van der Waals surface area contributed by atoms with Crippen molar-refractivity contribution in [2.45, 2.75) is 78.6 Å². The summed E-state index contributed by atoms with van der Waals surface area (Å²) in [5.41, 5.74) is 18.6. The number of benzene rings is 6. The molecule has 0 amide bonds. The van der Waals surface area contributed by atoms with E-state index >= 15 is 0 Å². The Bertz CT molecular complexity index is 2550. The van der Waals surface area contributed by atoms with Gasteiger partial charge >= 0.3 is 0 Å². The van der Waals surface area contributed by atoms with E-state index in [9.17, 15) is 0 Å². The molecule has 1 nitrogen and oxygen atoms in total. The number of aryl methyl sites for hydroxylation is 2. The zero-order valence-corrected chi connectivity index (χ0v) is 31.6. The molecule has 2 heteroatoms. The van der Waals surface area contributed by atoms with Gasteiger partial charge in [0, 0.05) is 48.1 Å². The van der Waals surface area contributed by atoms with Crippen LogP contribution in [0, 0.1) is 13.8 Å². The summed E-state index contributed by atoms with van der Waals surface area (Å²) in [6.45, 7) is 21.0. The van der Waals surface area contributed by atoms with Crippen LogP contribution in [0.4, 0.5) is 17.1 Å². The topological polar surface area (TPSA) is 3.24 Å². The van der Waals surface area contributed by atoms with Crippen LogP contribution in [-0.2, 0) is 16.2 Å². The van der Waals surface area contributed by atoms with Gasteiger partial charge in [-0.3, -0.25) is 0 Å².